The van der Waals surface area contributed by atoms with Gasteiger partial charge in [0.15, 0.2) is 0 Å². The number of ether oxygens (including phenoxy) is 1. The zero-order valence-electron chi connectivity index (χ0n) is 23.1. The molecule has 0 saturated carbocycles. The van der Waals surface area contributed by atoms with E-state index in [0.29, 0.717) is 18.7 Å². The van der Waals surface area contributed by atoms with Crippen LogP contribution >= 0.6 is 0 Å². The van der Waals surface area contributed by atoms with Gasteiger partial charge in [-0.05, 0) is 79.0 Å². The van der Waals surface area contributed by atoms with E-state index in [9.17, 15) is 9.59 Å². The van der Waals surface area contributed by atoms with Crippen molar-refractivity contribution in [1.82, 2.24) is 24.4 Å². The number of likely N-dealkylation sites (tertiary alicyclic amines) is 1. The van der Waals surface area contributed by atoms with Gasteiger partial charge in [0.2, 0.25) is 0 Å². The summed E-state index contributed by atoms with van der Waals surface area (Å²) in [7, 11) is 0. The lowest BCUT2D eigenvalue weighted by atomic mass is 9.93. The number of carbonyl (C=O) groups is 2. The van der Waals surface area contributed by atoms with Crippen molar-refractivity contribution in [2.75, 3.05) is 13.1 Å². The van der Waals surface area contributed by atoms with Gasteiger partial charge in [0.05, 0.1) is 11.7 Å². The summed E-state index contributed by atoms with van der Waals surface area (Å²) in [5, 5.41) is 4.57. The van der Waals surface area contributed by atoms with E-state index >= 15 is 0 Å². The lowest BCUT2D eigenvalue weighted by molar-refractivity contribution is 0.0196. The van der Waals surface area contributed by atoms with Crippen LogP contribution in [0, 0.1) is 0 Å². The fourth-order valence-corrected chi connectivity index (χ4v) is 5.30. The summed E-state index contributed by atoms with van der Waals surface area (Å²) < 4.78 is 7.55. The highest BCUT2D eigenvalue weighted by molar-refractivity contribution is 6.03. The first kappa shape index (κ1) is 26.6. The number of fused-ring (bicyclic) bond motifs is 1. The lowest BCUT2D eigenvalue weighted by Crippen LogP contribution is -2.42. The smallest absolute Gasteiger partial charge is 0.410 e. The summed E-state index contributed by atoms with van der Waals surface area (Å²) in [6, 6.07) is 10.0. The molecule has 4 rings (SSSR count). The van der Waals surface area contributed by atoms with Gasteiger partial charge in [-0.15, -0.1) is 0 Å². The summed E-state index contributed by atoms with van der Waals surface area (Å²) in [5.41, 5.74) is 3.74. The van der Waals surface area contributed by atoms with E-state index in [-0.39, 0.29) is 30.0 Å². The Morgan fingerprint density at radius 1 is 1.08 bits per heavy atom. The van der Waals surface area contributed by atoms with Crippen LogP contribution in [0.1, 0.15) is 83.3 Å². The van der Waals surface area contributed by atoms with Gasteiger partial charge in [0.25, 0.3) is 5.91 Å². The molecule has 1 aliphatic heterocycles. The van der Waals surface area contributed by atoms with Crippen molar-refractivity contribution < 1.29 is 14.3 Å². The van der Waals surface area contributed by atoms with Crippen molar-refractivity contribution in [3.05, 3.63) is 54.1 Å². The van der Waals surface area contributed by atoms with Crippen molar-refractivity contribution in [1.29, 1.82) is 0 Å². The van der Waals surface area contributed by atoms with Crippen LogP contribution in [0.2, 0.25) is 0 Å². The monoisotopic (exact) mass is 505 g/mol. The quantitative estimate of drug-likeness (QED) is 0.440. The van der Waals surface area contributed by atoms with Gasteiger partial charge < -0.3 is 14.5 Å². The summed E-state index contributed by atoms with van der Waals surface area (Å²) in [5.74, 6) is 0.0928. The summed E-state index contributed by atoms with van der Waals surface area (Å²) in [6.07, 6.45) is 4.86. The molecule has 2 amide bonds. The Morgan fingerprint density at radius 2 is 1.78 bits per heavy atom. The Morgan fingerprint density at radius 3 is 2.46 bits per heavy atom. The fraction of sp³-hybridized carbons (Fsp3) is 0.517. The average molecular weight is 506 g/mol. The van der Waals surface area contributed by atoms with Gasteiger partial charge in [0, 0.05) is 47.9 Å². The van der Waals surface area contributed by atoms with Gasteiger partial charge in [-0.25, -0.2) is 14.3 Å². The second kappa shape index (κ2) is 10.5. The second-order valence-electron chi connectivity index (χ2n) is 11.4. The molecule has 8 heteroatoms. The normalized spacial score (nSPS) is 16.5. The van der Waals surface area contributed by atoms with E-state index < -0.39 is 5.60 Å². The molecule has 1 aromatic carbocycles. The molecule has 1 fully saturated rings. The SMILES string of the molecule is CC(C)N(C(=O)c1ccccc1-c1cc(C2CCCN(C(=O)OC(C)(C)C)C2)n2ncncc12)C(C)C. The van der Waals surface area contributed by atoms with Gasteiger partial charge in [-0.2, -0.15) is 5.10 Å². The van der Waals surface area contributed by atoms with Crippen molar-refractivity contribution in [3.63, 3.8) is 0 Å². The van der Waals surface area contributed by atoms with Crippen LogP contribution in [0.4, 0.5) is 4.79 Å². The molecule has 2 aromatic heterocycles. The van der Waals surface area contributed by atoms with Crippen molar-refractivity contribution in [2.45, 2.75) is 84.9 Å². The molecule has 8 nitrogen and oxygen atoms in total. The molecule has 0 radical (unpaired) electrons. The Kier molecular flexibility index (Phi) is 7.57. The van der Waals surface area contributed by atoms with Crippen molar-refractivity contribution >= 4 is 17.5 Å². The standard InChI is InChI=1S/C29H39N5O3/c1-19(2)33(20(3)4)27(35)23-13-9-8-12-22(23)24-15-25(34-26(24)16-30-18-31-34)21-11-10-14-32(17-21)28(36)37-29(5,6)7/h8-9,12-13,15-16,18-21H,10-11,14,17H2,1-7H3. The number of benzene rings is 1. The first-order valence-corrected chi connectivity index (χ1v) is 13.2. The number of rotatable bonds is 5. The minimum absolute atomic E-state index is 0.00659. The molecular weight excluding hydrogens is 466 g/mol. The minimum Gasteiger partial charge on any atom is -0.444 e. The third-order valence-corrected chi connectivity index (χ3v) is 6.76. The first-order chi connectivity index (χ1) is 17.5. The highest BCUT2D eigenvalue weighted by Crippen LogP contribution is 2.36. The largest absolute Gasteiger partial charge is 0.444 e. The number of piperidine rings is 1. The van der Waals surface area contributed by atoms with Crippen LogP contribution in [0.25, 0.3) is 16.6 Å². The van der Waals surface area contributed by atoms with Crippen LogP contribution in [0.15, 0.2) is 42.9 Å². The first-order valence-electron chi connectivity index (χ1n) is 13.2. The number of aromatic nitrogens is 3. The van der Waals surface area contributed by atoms with Gasteiger partial charge in [0.1, 0.15) is 11.9 Å². The number of hydrogen-bond acceptors (Lipinski definition) is 5. The van der Waals surface area contributed by atoms with Crippen LogP contribution in [0.3, 0.4) is 0 Å². The van der Waals surface area contributed by atoms with Gasteiger partial charge in [-0.3, -0.25) is 4.79 Å². The Labute approximate surface area is 219 Å². The molecule has 1 aliphatic rings. The van der Waals surface area contributed by atoms with E-state index in [1.165, 1.54) is 6.33 Å². The van der Waals surface area contributed by atoms with E-state index in [1.807, 2.05) is 82.1 Å². The number of amides is 2. The highest BCUT2D eigenvalue weighted by Gasteiger charge is 2.31. The molecule has 0 aliphatic carbocycles. The van der Waals surface area contributed by atoms with E-state index in [0.717, 1.165) is 35.2 Å². The molecule has 0 N–H and O–H groups in total. The predicted molar refractivity (Wildman–Crippen MR) is 145 cm³/mol. The average Bonchev–Trinajstić information content (AvgIpc) is 3.22. The van der Waals surface area contributed by atoms with Crippen molar-refractivity contribution in [2.24, 2.45) is 0 Å². The summed E-state index contributed by atoms with van der Waals surface area (Å²) in [6.45, 7) is 15.0. The molecular formula is C29H39N5O3. The van der Waals surface area contributed by atoms with Crippen LogP contribution in [-0.2, 0) is 4.74 Å². The van der Waals surface area contributed by atoms with Crippen LogP contribution in [-0.4, -0.2) is 67.2 Å². The molecule has 1 saturated heterocycles. The zero-order valence-corrected chi connectivity index (χ0v) is 23.1. The topological polar surface area (TPSA) is 80.0 Å². The van der Waals surface area contributed by atoms with Gasteiger partial charge >= 0.3 is 6.09 Å². The molecule has 198 valence electrons. The van der Waals surface area contributed by atoms with Crippen LogP contribution < -0.4 is 0 Å². The minimum atomic E-state index is -0.539. The molecule has 3 aromatic rings. The Hall–Kier alpha value is -3.42. The molecule has 1 atom stereocenters. The predicted octanol–water partition coefficient (Wildman–Crippen LogP) is 5.77. The highest BCUT2D eigenvalue weighted by atomic mass is 16.6. The van der Waals surface area contributed by atoms with E-state index in [4.69, 9.17) is 4.74 Å². The molecule has 1 unspecified atom stereocenters. The maximum Gasteiger partial charge on any atom is 0.410 e. The van der Waals surface area contributed by atoms with Crippen molar-refractivity contribution in [3.8, 4) is 11.1 Å². The summed E-state index contributed by atoms with van der Waals surface area (Å²) >= 11 is 0. The van der Waals surface area contributed by atoms with Crippen LogP contribution in [0.5, 0.6) is 0 Å². The fourth-order valence-electron chi connectivity index (χ4n) is 5.30. The maximum atomic E-state index is 13.7. The molecule has 37 heavy (non-hydrogen) atoms. The van der Waals surface area contributed by atoms with E-state index in [2.05, 4.69) is 16.1 Å². The third-order valence-electron chi connectivity index (χ3n) is 6.76. The van der Waals surface area contributed by atoms with Gasteiger partial charge in [-0.1, -0.05) is 18.2 Å². The Bertz CT molecular complexity index is 1270. The number of carbonyl (C=O) groups excluding carboxylic acids is 2. The third kappa shape index (κ3) is 5.63. The second-order valence-corrected chi connectivity index (χ2v) is 11.4. The zero-order chi connectivity index (χ0) is 26.9. The lowest BCUT2D eigenvalue weighted by Gasteiger charge is -2.34. The summed E-state index contributed by atoms with van der Waals surface area (Å²) in [4.78, 5) is 34.5. The molecule has 3 heterocycles. The molecule has 0 spiro atoms. The Balaban J connectivity index is 1.75. The number of nitrogens with zero attached hydrogens (tertiary/aromatic N) is 5. The maximum absolute atomic E-state index is 13.7. The molecule has 0 bridgehead atoms. The number of hydrogen-bond donors (Lipinski definition) is 0. The van der Waals surface area contributed by atoms with E-state index in [1.54, 1.807) is 11.1 Å².